The molecule has 0 aliphatic rings. The molecule has 1 aromatic heterocycles. The molecule has 136 valence electrons. The number of hydrogen-bond donors (Lipinski definition) is 1. The van der Waals surface area contributed by atoms with Gasteiger partial charge in [0.05, 0.1) is 30.1 Å². The number of rotatable bonds is 8. The van der Waals surface area contributed by atoms with Crippen molar-refractivity contribution in [3.63, 3.8) is 0 Å². The molecular formula is C18H24ClN3O2S. The molecule has 0 amide bonds. The van der Waals surface area contributed by atoms with E-state index in [4.69, 9.17) is 21.1 Å². The Bertz CT molecular complexity index is 725. The number of thiazole rings is 1. The maximum Gasteiger partial charge on any atom is 0.203 e. The van der Waals surface area contributed by atoms with Crippen molar-refractivity contribution in [2.75, 3.05) is 18.6 Å². The number of aromatic nitrogens is 1. The fraction of sp³-hybridized carbons (Fsp3) is 0.444. The van der Waals surface area contributed by atoms with Crippen LogP contribution in [0.15, 0.2) is 17.2 Å². The number of ether oxygens (including phenoxy) is 2. The van der Waals surface area contributed by atoms with Gasteiger partial charge in [0.15, 0.2) is 11.5 Å². The minimum atomic E-state index is 0.404. The predicted octanol–water partition coefficient (Wildman–Crippen LogP) is 5.29. The lowest BCUT2D eigenvalue weighted by Crippen LogP contribution is -2.07. The molecule has 0 radical (unpaired) electrons. The average Bonchev–Trinajstić information content (AvgIpc) is 2.85. The molecule has 0 spiro atoms. The molecular weight excluding hydrogens is 358 g/mol. The van der Waals surface area contributed by atoms with Crippen molar-refractivity contribution in [2.45, 2.75) is 34.6 Å². The molecule has 7 heteroatoms. The Balaban J connectivity index is 2.15. The SMILES string of the molecule is CCOc1cc(/C=N\Nc2nc(C)c(C)s2)cc(Cl)c1OCC(C)C. The van der Waals surface area contributed by atoms with Crippen molar-refractivity contribution in [1.82, 2.24) is 4.98 Å². The summed E-state index contributed by atoms with van der Waals surface area (Å²) < 4.78 is 11.5. The Morgan fingerprint density at radius 2 is 2.08 bits per heavy atom. The summed E-state index contributed by atoms with van der Waals surface area (Å²) in [6.07, 6.45) is 1.69. The molecule has 0 aliphatic carbocycles. The monoisotopic (exact) mass is 381 g/mol. The number of hydrogen-bond acceptors (Lipinski definition) is 6. The van der Waals surface area contributed by atoms with Crippen LogP contribution >= 0.6 is 22.9 Å². The minimum Gasteiger partial charge on any atom is -0.490 e. The van der Waals surface area contributed by atoms with Gasteiger partial charge in [-0.05, 0) is 44.4 Å². The van der Waals surface area contributed by atoms with Crippen LogP contribution in [0.25, 0.3) is 0 Å². The van der Waals surface area contributed by atoms with Crippen molar-refractivity contribution in [1.29, 1.82) is 0 Å². The van der Waals surface area contributed by atoms with Crippen molar-refractivity contribution >= 4 is 34.3 Å². The van der Waals surface area contributed by atoms with Crippen LogP contribution in [0, 0.1) is 19.8 Å². The van der Waals surface area contributed by atoms with E-state index in [0.29, 0.717) is 35.7 Å². The van der Waals surface area contributed by atoms with Gasteiger partial charge >= 0.3 is 0 Å². The van der Waals surface area contributed by atoms with E-state index < -0.39 is 0 Å². The molecule has 0 unspecified atom stereocenters. The molecule has 1 N–H and O–H groups in total. The maximum absolute atomic E-state index is 6.38. The highest BCUT2D eigenvalue weighted by molar-refractivity contribution is 7.15. The third-order valence-electron chi connectivity index (χ3n) is 3.30. The average molecular weight is 382 g/mol. The number of benzene rings is 1. The fourth-order valence-electron chi connectivity index (χ4n) is 2.00. The van der Waals surface area contributed by atoms with Gasteiger partial charge in [-0.25, -0.2) is 4.98 Å². The number of hydrazone groups is 1. The summed E-state index contributed by atoms with van der Waals surface area (Å²) in [7, 11) is 0. The van der Waals surface area contributed by atoms with E-state index >= 15 is 0 Å². The highest BCUT2D eigenvalue weighted by Crippen LogP contribution is 2.36. The molecule has 0 aliphatic heterocycles. The summed E-state index contributed by atoms with van der Waals surface area (Å²) in [6.45, 7) is 11.2. The topological polar surface area (TPSA) is 55.7 Å². The molecule has 0 bridgehead atoms. The second kappa shape index (κ2) is 9.06. The van der Waals surface area contributed by atoms with E-state index in [1.54, 1.807) is 17.6 Å². The van der Waals surface area contributed by atoms with Crippen molar-refractivity contribution in [2.24, 2.45) is 11.0 Å². The summed E-state index contributed by atoms with van der Waals surface area (Å²) in [4.78, 5) is 5.56. The number of halogens is 1. The number of anilines is 1. The van der Waals surface area contributed by atoms with Crippen LogP contribution in [0.1, 0.15) is 36.9 Å². The second-order valence-electron chi connectivity index (χ2n) is 6.00. The molecule has 0 atom stereocenters. The van der Waals surface area contributed by atoms with Gasteiger partial charge in [0, 0.05) is 4.88 Å². The fourth-order valence-corrected chi connectivity index (χ4v) is 3.04. The zero-order valence-electron chi connectivity index (χ0n) is 15.2. The van der Waals surface area contributed by atoms with Crippen molar-refractivity contribution in [3.05, 3.63) is 33.3 Å². The predicted molar refractivity (Wildman–Crippen MR) is 106 cm³/mol. The zero-order valence-corrected chi connectivity index (χ0v) is 16.8. The van der Waals surface area contributed by atoms with E-state index in [0.717, 1.165) is 16.4 Å². The summed E-state index contributed by atoms with van der Waals surface area (Å²) in [5.41, 5.74) is 4.77. The first kappa shape index (κ1) is 19.5. The lowest BCUT2D eigenvalue weighted by atomic mass is 10.2. The van der Waals surface area contributed by atoms with Gasteiger partial charge in [-0.3, -0.25) is 5.43 Å². The van der Waals surface area contributed by atoms with Gasteiger partial charge in [-0.15, -0.1) is 11.3 Å². The zero-order chi connectivity index (χ0) is 18.4. The highest BCUT2D eigenvalue weighted by Gasteiger charge is 2.13. The van der Waals surface area contributed by atoms with E-state index in [-0.39, 0.29) is 0 Å². The third-order valence-corrected chi connectivity index (χ3v) is 4.55. The second-order valence-corrected chi connectivity index (χ2v) is 7.61. The minimum absolute atomic E-state index is 0.404. The van der Waals surface area contributed by atoms with Crippen LogP contribution in [-0.2, 0) is 0 Å². The van der Waals surface area contributed by atoms with Crippen LogP contribution in [-0.4, -0.2) is 24.4 Å². The molecule has 1 aromatic carbocycles. The lowest BCUT2D eigenvalue weighted by molar-refractivity contribution is 0.248. The van der Waals surface area contributed by atoms with Gasteiger partial charge < -0.3 is 9.47 Å². The van der Waals surface area contributed by atoms with E-state index in [1.807, 2.05) is 32.9 Å². The normalized spacial score (nSPS) is 11.3. The Morgan fingerprint density at radius 3 is 2.68 bits per heavy atom. The Morgan fingerprint density at radius 1 is 1.32 bits per heavy atom. The summed E-state index contributed by atoms with van der Waals surface area (Å²) in [5, 5.41) is 5.50. The van der Waals surface area contributed by atoms with Gasteiger partial charge in [-0.2, -0.15) is 5.10 Å². The molecule has 25 heavy (non-hydrogen) atoms. The molecule has 0 saturated heterocycles. The largest absolute Gasteiger partial charge is 0.490 e. The smallest absolute Gasteiger partial charge is 0.203 e. The molecule has 2 rings (SSSR count). The molecule has 1 heterocycles. The standard InChI is InChI=1S/C18H24ClN3O2S/c1-6-23-16-8-14(7-15(19)17(16)24-10-11(2)3)9-20-22-18-21-12(4)13(5)25-18/h7-9,11H,6,10H2,1-5H3,(H,21,22)/b20-9-. The number of aryl methyl sites for hydroxylation is 2. The maximum atomic E-state index is 6.38. The summed E-state index contributed by atoms with van der Waals surface area (Å²) in [5.74, 6) is 1.60. The van der Waals surface area contributed by atoms with Crippen LogP contribution in [0.5, 0.6) is 11.5 Å². The Kier molecular flexibility index (Phi) is 7.08. The van der Waals surface area contributed by atoms with Gasteiger partial charge in [0.2, 0.25) is 5.13 Å². The highest BCUT2D eigenvalue weighted by atomic mass is 35.5. The first-order chi connectivity index (χ1) is 11.9. The van der Waals surface area contributed by atoms with Gasteiger partial charge in [0.1, 0.15) is 0 Å². The lowest BCUT2D eigenvalue weighted by Gasteiger charge is -2.15. The third kappa shape index (κ3) is 5.61. The summed E-state index contributed by atoms with van der Waals surface area (Å²) >= 11 is 7.95. The summed E-state index contributed by atoms with van der Waals surface area (Å²) in [6, 6.07) is 3.68. The van der Waals surface area contributed by atoms with E-state index in [9.17, 15) is 0 Å². The first-order valence-corrected chi connectivity index (χ1v) is 9.42. The molecule has 0 saturated carbocycles. The van der Waals surface area contributed by atoms with E-state index in [1.165, 1.54) is 4.88 Å². The Labute approximate surface area is 158 Å². The van der Waals surface area contributed by atoms with Crippen LogP contribution in [0.3, 0.4) is 0 Å². The number of nitrogens with zero attached hydrogens (tertiary/aromatic N) is 2. The molecule has 0 fully saturated rings. The van der Waals surface area contributed by atoms with Crippen LogP contribution < -0.4 is 14.9 Å². The van der Waals surface area contributed by atoms with Crippen molar-refractivity contribution in [3.8, 4) is 11.5 Å². The van der Waals surface area contributed by atoms with Crippen LogP contribution in [0.4, 0.5) is 5.13 Å². The van der Waals surface area contributed by atoms with Crippen LogP contribution in [0.2, 0.25) is 5.02 Å². The Hall–Kier alpha value is -1.79. The quantitative estimate of drug-likeness (QED) is 0.498. The molecule has 2 aromatic rings. The van der Waals surface area contributed by atoms with E-state index in [2.05, 4.69) is 29.4 Å². The van der Waals surface area contributed by atoms with Gasteiger partial charge in [0.25, 0.3) is 0 Å². The first-order valence-electron chi connectivity index (χ1n) is 8.23. The molecule has 5 nitrogen and oxygen atoms in total. The van der Waals surface area contributed by atoms with Crippen molar-refractivity contribution < 1.29 is 9.47 Å². The number of nitrogens with one attached hydrogen (secondary N) is 1. The van der Waals surface area contributed by atoms with Gasteiger partial charge in [-0.1, -0.05) is 25.4 Å².